The van der Waals surface area contributed by atoms with Crippen molar-refractivity contribution in [3.8, 4) is 0 Å². The predicted molar refractivity (Wildman–Crippen MR) is 74.5 cm³/mol. The van der Waals surface area contributed by atoms with E-state index in [-0.39, 0.29) is 17.9 Å². The molecule has 21 heavy (non-hydrogen) atoms. The SMILES string of the molecule is Cn1cc(C(=O)NCc2ccc(F)cc2)c(=O)n(C)c1=O. The Morgan fingerprint density at radius 3 is 2.43 bits per heavy atom. The Labute approximate surface area is 119 Å². The topological polar surface area (TPSA) is 73.1 Å². The lowest BCUT2D eigenvalue weighted by Gasteiger charge is -2.08. The fraction of sp³-hybridized carbons (Fsp3) is 0.214. The van der Waals surface area contributed by atoms with Crippen LogP contribution in [0.5, 0.6) is 0 Å². The van der Waals surface area contributed by atoms with E-state index in [4.69, 9.17) is 0 Å². The zero-order valence-corrected chi connectivity index (χ0v) is 11.6. The molecule has 1 amide bonds. The number of aryl methyl sites for hydroxylation is 1. The lowest BCUT2D eigenvalue weighted by atomic mass is 10.2. The van der Waals surface area contributed by atoms with Crippen LogP contribution in [-0.4, -0.2) is 15.0 Å². The highest BCUT2D eigenvalue weighted by Crippen LogP contribution is 2.02. The minimum atomic E-state index is -0.658. The molecule has 0 saturated carbocycles. The van der Waals surface area contributed by atoms with Crippen molar-refractivity contribution >= 4 is 5.91 Å². The van der Waals surface area contributed by atoms with E-state index in [0.717, 1.165) is 9.13 Å². The molecule has 0 bridgehead atoms. The van der Waals surface area contributed by atoms with E-state index in [1.54, 1.807) is 0 Å². The molecule has 7 heteroatoms. The predicted octanol–water partition coefficient (Wildman–Crippen LogP) is 0.153. The summed E-state index contributed by atoms with van der Waals surface area (Å²) in [5.41, 5.74) is -0.585. The summed E-state index contributed by atoms with van der Waals surface area (Å²) >= 11 is 0. The first-order chi connectivity index (χ1) is 9.90. The second kappa shape index (κ2) is 5.74. The summed E-state index contributed by atoms with van der Waals surface area (Å²) in [5, 5.41) is 2.56. The van der Waals surface area contributed by atoms with Gasteiger partial charge in [0.25, 0.3) is 11.5 Å². The number of nitrogens with zero attached hydrogens (tertiary/aromatic N) is 2. The van der Waals surface area contributed by atoms with Crippen LogP contribution in [0.1, 0.15) is 15.9 Å². The van der Waals surface area contributed by atoms with Gasteiger partial charge in [-0.15, -0.1) is 0 Å². The number of carbonyl (C=O) groups is 1. The largest absolute Gasteiger partial charge is 0.348 e. The van der Waals surface area contributed by atoms with Gasteiger partial charge >= 0.3 is 5.69 Å². The molecule has 2 aromatic rings. The molecule has 2 rings (SSSR count). The molecule has 1 N–H and O–H groups in total. The Bertz CT molecular complexity index is 791. The number of aromatic nitrogens is 2. The number of nitrogens with one attached hydrogen (secondary N) is 1. The van der Waals surface area contributed by atoms with Crippen molar-refractivity contribution in [2.45, 2.75) is 6.54 Å². The standard InChI is InChI=1S/C14H14FN3O3/c1-17-8-11(13(20)18(2)14(17)21)12(19)16-7-9-3-5-10(15)6-4-9/h3-6,8H,7H2,1-2H3,(H,16,19). The van der Waals surface area contributed by atoms with E-state index in [0.29, 0.717) is 5.56 Å². The first kappa shape index (κ1) is 14.7. The Hall–Kier alpha value is -2.70. The molecule has 0 atom stereocenters. The van der Waals surface area contributed by atoms with E-state index in [2.05, 4.69) is 5.32 Å². The van der Waals surface area contributed by atoms with Gasteiger partial charge in [-0.3, -0.25) is 14.2 Å². The third kappa shape index (κ3) is 3.07. The number of hydrogen-bond donors (Lipinski definition) is 1. The van der Waals surface area contributed by atoms with Crippen LogP contribution in [0.25, 0.3) is 0 Å². The third-order valence-corrected chi connectivity index (χ3v) is 3.06. The fourth-order valence-electron chi connectivity index (χ4n) is 1.84. The minimum Gasteiger partial charge on any atom is -0.348 e. The first-order valence-corrected chi connectivity index (χ1v) is 6.19. The molecule has 1 aromatic carbocycles. The maximum Gasteiger partial charge on any atom is 0.330 e. The van der Waals surface area contributed by atoms with E-state index in [1.807, 2.05) is 0 Å². The number of carbonyl (C=O) groups excluding carboxylic acids is 1. The van der Waals surface area contributed by atoms with Crippen LogP contribution >= 0.6 is 0 Å². The van der Waals surface area contributed by atoms with Crippen LogP contribution in [0, 0.1) is 5.82 Å². The summed E-state index contributed by atoms with van der Waals surface area (Å²) in [4.78, 5) is 35.4. The van der Waals surface area contributed by atoms with Gasteiger partial charge in [0.2, 0.25) is 0 Å². The molecule has 0 unspecified atom stereocenters. The van der Waals surface area contributed by atoms with Gasteiger partial charge in [-0.1, -0.05) is 12.1 Å². The third-order valence-electron chi connectivity index (χ3n) is 3.06. The highest BCUT2D eigenvalue weighted by atomic mass is 19.1. The molecule has 1 aromatic heterocycles. The van der Waals surface area contributed by atoms with E-state index in [1.165, 1.54) is 44.6 Å². The highest BCUT2D eigenvalue weighted by molar-refractivity contribution is 5.93. The average molecular weight is 291 g/mol. The highest BCUT2D eigenvalue weighted by Gasteiger charge is 2.14. The van der Waals surface area contributed by atoms with Gasteiger partial charge in [0.1, 0.15) is 11.4 Å². The quantitative estimate of drug-likeness (QED) is 0.875. The number of amides is 1. The van der Waals surface area contributed by atoms with Gasteiger partial charge in [-0.2, -0.15) is 0 Å². The van der Waals surface area contributed by atoms with Gasteiger partial charge in [-0.05, 0) is 17.7 Å². The lowest BCUT2D eigenvalue weighted by molar-refractivity contribution is 0.0947. The summed E-state index contributed by atoms with van der Waals surface area (Å²) in [5.74, 6) is -0.951. The van der Waals surface area contributed by atoms with Crippen LogP contribution in [-0.2, 0) is 20.6 Å². The van der Waals surface area contributed by atoms with Gasteiger partial charge in [-0.25, -0.2) is 9.18 Å². The summed E-state index contributed by atoms with van der Waals surface area (Å²) in [7, 11) is 2.76. The van der Waals surface area contributed by atoms with Gasteiger partial charge < -0.3 is 9.88 Å². The number of rotatable bonds is 3. The van der Waals surface area contributed by atoms with E-state index in [9.17, 15) is 18.8 Å². The van der Waals surface area contributed by atoms with E-state index >= 15 is 0 Å². The van der Waals surface area contributed by atoms with Gasteiger partial charge in [0.15, 0.2) is 0 Å². The molecule has 0 saturated heterocycles. The molecule has 6 nitrogen and oxygen atoms in total. The normalized spacial score (nSPS) is 10.4. The molecule has 110 valence electrons. The monoisotopic (exact) mass is 291 g/mol. The Morgan fingerprint density at radius 1 is 1.19 bits per heavy atom. The van der Waals surface area contributed by atoms with Gasteiger partial charge in [0.05, 0.1) is 0 Å². The number of benzene rings is 1. The van der Waals surface area contributed by atoms with Crippen LogP contribution in [0.4, 0.5) is 4.39 Å². The molecule has 1 heterocycles. The van der Waals surface area contributed by atoms with Crippen molar-refractivity contribution in [1.82, 2.24) is 14.5 Å². The van der Waals surface area contributed by atoms with Crippen LogP contribution in [0.2, 0.25) is 0 Å². The zero-order chi connectivity index (χ0) is 15.6. The molecule has 0 radical (unpaired) electrons. The van der Waals surface area contributed by atoms with Crippen molar-refractivity contribution in [3.05, 3.63) is 68.2 Å². The molecular weight excluding hydrogens is 277 g/mol. The molecular formula is C14H14FN3O3. The second-order valence-electron chi connectivity index (χ2n) is 4.61. The molecule has 0 spiro atoms. The summed E-state index contributed by atoms with van der Waals surface area (Å²) < 4.78 is 14.8. The number of hydrogen-bond acceptors (Lipinski definition) is 3. The average Bonchev–Trinajstić information content (AvgIpc) is 2.48. The van der Waals surface area contributed by atoms with Crippen molar-refractivity contribution in [3.63, 3.8) is 0 Å². The van der Waals surface area contributed by atoms with E-state index < -0.39 is 17.2 Å². The zero-order valence-electron chi connectivity index (χ0n) is 11.6. The summed E-state index contributed by atoms with van der Waals surface area (Å²) in [6, 6.07) is 5.64. The van der Waals surface area contributed by atoms with Crippen LogP contribution in [0.3, 0.4) is 0 Å². The molecule has 0 aliphatic carbocycles. The van der Waals surface area contributed by atoms with Crippen LogP contribution in [0.15, 0.2) is 40.1 Å². The Kier molecular flexibility index (Phi) is 4.02. The fourth-order valence-corrected chi connectivity index (χ4v) is 1.84. The van der Waals surface area contributed by atoms with Crippen molar-refractivity contribution < 1.29 is 9.18 Å². The molecule has 0 aliphatic rings. The van der Waals surface area contributed by atoms with Crippen molar-refractivity contribution in [2.24, 2.45) is 14.1 Å². The smallest absolute Gasteiger partial charge is 0.330 e. The van der Waals surface area contributed by atoms with Crippen molar-refractivity contribution in [1.29, 1.82) is 0 Å². The van der Waals surface area contributed by atoms with Crippen molar-refractivity contribution in [2.75, 3.05) is 0 Å². The summed E-state index contributed by atoms with van der Waals surface area (Å²) in [6.07, 6.45) is 1.20. The summed E-state index contributed by atoms with van der Waals surface area (Å²) in [6.45, 7) is 0.158. The molecule has 0 fully saturated rings. The Morgan fingerprint density at radius 2 is 1.81 bits per heavy atom. The maximum absolute atomic E-state index is 12.8. The van der Waals surface area contributed by atoms with Crippen LogP contribution < -0.4 is 16.6 Å². The number of halogens is 1. The second-order valence-corrected chi connectivity index (χ2v) is 4.61. The first-order valence-electron chi connectivity index (χ1n) is 6.19. The minimum absolute atomic E-state index is 0.123. The Balaban J connectivity index is 2.20. The molecule has 0 aliphatic heterocycles. The maximum atomic E-state index is 12.8. The lowest BCUT2D eigenvalue weighted by Crippen LogP contribution is -2.41. The van der Waals surface area contributed by atoms with Gasteiger partial charge in [0, 0.05) is 26.8 Å².